The minimum absolute atomic E-state index is 0.860. The highest BCUT2D eigenvalue weighted by Crippen LogP contribution is 2.14. The van der Waals surface area contributed by atoms with Gasteiger partial charge in [-0.15, -0.1) is 0 Å². The summed E-state index contributed by atoms with van der Waals surface area (Å²) in [4.78, 5) is 2.22. The van der Waals surface area contributed by atoms with Crippen LogP contribution in [0.5, 0.6) is 0 Å². The van der Waals surface area contributed by atoms with Gasteiger partial charge in [-0.05, 0) is 52.4 Å². The summed E-state index contributed by atoms with van der Waals surface area (Å²) in [6.45, 7) is 3.54. The van der Waals surface area contributed by atoms with Gasteiger partial charge in [0, 0.05) is 6.54 Å². The Balaban J connectivity index is 2.05. The Morgan fingerprint density at radius 2 is 2.00 bits per heavy atom. The topological polar surface area (TPSA) is 15.3 Å². The zero-order valence-electron chi connectivity index (χ0n) is 7.64. The van der Waals surface area contributed by atoms with E-state index in [2.05, 4.69) is 30.7 Å². The zero-order chi connectivity index (χ0) is 8.10. The molecule has 2 heteroatoms. The Morgan fingerprint density at radius 1 is 1.36 bits per heavy atom. The van der Waals surface area contributed by atoms with E-state index < -0.39 is 0 Å². The van der Waals surface area contributed by atoms with Crippen LogP contribution < -0.4 is 5.32 Å². The molecule has 0 spiro atoms. The minimum atomic E-state index is 0.860. The van der Waals surface area contributed by atoms with Crippen LogP contribution in [0.1, 0.15) is 12.8 Å². The molecule has 11 heavy (non-hydrogen) atoms. The van der Waals surface area contributed by atoms with E-state index in [4.69, 9.17) is 0 Å². The number of hydrogen-bond donors (Lipinski definition) is 1. The van der Waals surface area contributed by atoms with Crippen molar-refractivity contribution < 1.29 is 0 Å². The maximum absolute atomic E-state index is 3.37. The summed E-state index contributed by atoms with van der Waals surface area (Å²) >= 11 is 0. The maximum atomic E-state index is 3.37. The number of piperidine rings is 1. The van der Waals surface area contributed by atoms with Crippen LogP contribution in [0, 0.1) is 12.3 Å². The molecule has 1 fully saturated rings. The van der Waals surface area contributed by atoms with Crippen LogP contribution in [0.15, 0.2) is 0 Å². The van der Waals surface area contributed by atoms with Crippen molar-refractivity contribution in [1.82, 2.24) is 10.2 Å². The standard InChI is InChI=1S/C9H19N2/c1-11(2)8-5-9-3-6-10-7-4-9/h5,9-10H,3-4,6-8H2,1-2H3. The normalized spacial score (nSPS) is 21.0. The Hall–Kier alpha value is -0.0800. The average Bonchev–Trinajstić information content (AvgIpc) is 2.03. The van der Waals surface area contributed by atoms with Gasteiger partial charge in [-0.2, -0.15) is 0 Å². The molecule has 1 aliphatic rings. The molecule has 0 bridgehead atoms. The third-order valence-electron chi connectivity index (χ3n) is 2.19. The smallest absolute Gasteiger partial charge is 0.000946 e. The predicted molar refractivity (Wildman–Crippen MR) is 48.4 cm³/mol. The lowest BCUT2D eigenvalue weighted by molar-refractivity contribution is 0.364. The Labute approximate surface area is 70.0 Å². The van der Waals surface area contributed by atoms with Gasteiger partial charge in [0.1, 0.15) is 0 Å². The van der Waals surface area contributed by atoms with Crippen LogP contribution in [0.2, 0.25) is 0 Å². The number of hydrogen-bond acceptors (Lipinski definition) is 2. The molecule has 1 aliphatic heterocycles. The van der Waals surface area contributed by atoms with Crippen molar-refractivity contribution in [2.24, 2.45) is 5.92 Å². The molecule has 65 valence electrons. The quantitative estimate of drug-likeness (QED) is 0.647. The van der Waals surface area contributed by atoms with E-state index in [-0.39, 0.29) is 0 Å². The van der Waals surface area contributed by atoms with Gasteiger partial charge in [-0.3, -0.25) is 0 Å². The monoisotopic (exact) mass is 155 g/mol. The molecule has 1 saturated heterocycles. The first-order valence-corrected chi connectivity index (χ1v) is 4.48. The molecule has 0 aromatic rings. The molecule has 0 saturated carbocycles. The molecule has 0 aromatic heterocycles. The van der Waals surface area contributed by atoms with Crippen LogP contribution in [-0.2, 0) is 0 Å². The van der Waals surface area contributed by atoms with Crippen molar-refractivity contribution >= 4 is 0 Å². The van der Waals surface area contributed by atoms with Crippen molar-refractivity contribution in [3.63, 3.8) is 0 Å². The van der Waals surface area contributed by atoms with E-state index in [1.54, 1.807) is 0 Å². The summed E-state index contributed by atoms with van der Waals surface area (Å²) in [6.07, 6.45) is 5.10. The van der Waals surface area contributed by atoms with E-state index in [0.717, 1.165) is 12.5 Å². The first kappa shape index (κ1) is 9.01. The molecule has 1 N–H and O–H groups in total. The van der Waals surface area contributed by atoms with E-state index in [9.17, 15) is 0 Å². The summed E-state index contributed by atoms with van der Waals surface area (Å²) in [5.74, 6) is 0.860. The highest BCUT2D eigenvalue weighted by atomic mass is 15.0. The van der Waals surface area contributed by atoms with E-state index >= 15 is 0 Å². The van der Waals surface area contributed by atoms with Gasteiger partial charge in [0.15, 0.2) is 0 Å². The molecular formula is C9H19N2. The van der Waals surface area contributed by atoms with Crippen molar-refractivity contribution in [1.29, 1.82) is 0 Å². The van der Waals surface area contributed by atoms with Gasteiger partial charge in [0.2, 0.25) is 0 Å². The second-order valence-corrected chi connectivity index (χ2v) is 3.59. The van der Waals surface area contributed by atoms with Gasteiger partial charge in [-0.25, -0.2) is 0 Å². The zero-order valence-corrected chi connectivity index (χ0v) is 7.64. The van der Waals surface area contributed by atoms with E-state index in [1.165, 1.54) is 25.9 Å². The summed E-state index contributed by atoms with van der Waals surface area (Å²) in [7, 11) is 4.25. The predicted octanol–water partition coefficient (Wildman–Crippen LogP) is 0.752. The highest BCUT2D eigenvalue weighted by molar-refractivity contribution is 4.82. The van der Waals surface area contributed by atoms with Crippen molar-refractivity contribution in [2.45, 2.75) is 12.8 Å². The third kappa shape index (κ3) is 3.73. The van der Waals surface area contributed by atoms with Crippen molar-refractivity contribution in [3.8, 4) is 0 Å². The fraction of sp³-hybridized carbons (Fsp3) is 0.889. The molecule has 0 aromatic carbocycles. The summed E-state index contributed by atoms with van der Waals surface area (Å²) in [6, 6.07) is 0. The van der Waals surface area contributed by atoms with Gasteiger partial charge < -0.3 is 10.2 Å². The Kier molecular flexibility index (Phi) is 3.87. The minimum Gasteiger partial charge on any atom is -0.317 e. The Morgan fingerprint density at radius 3 is 2.55 bits per heavy atom. The lowest BCUT2D eigenvalue weighted by atomic mass is 9.95. The largest absolute Gasteiger partial charge is 0.317 e. The third-order valence-corrected chi connectivity index (χ3v) is 2.19. The second-order valence-electron chi connectivity index (χ2n) is 3.59. The van der Waals surface area contributed by atoms with Crippen molar-refractivity contribution in [3.05, 3.63) is 6.42 Å². The van der Waals surface area contributed by atoms with Crippen LogP contribution in [0.4, 0.5) is 0 Å². The van der Waals surface area contributed by atoms with Crippen molar-refractivity contribution in [2.75, 3.05) is 33.7 Å². The lowest BCUT2D eigenvalue weighted by Crippen LogP contribution is -2.29. The summed E-state index contributed by atoms with van der Waals surface area (Å²) in [5.41, 5.74) is 0. The van der Waals surface area contributed by atoms with Gasteiger partial charge in [0.05, 0.1) is 0 Å². The highest BCUT2D eigenvalue weighted by Gasteiger charge is 2.12. The lowest BCUT2D eigenvalue weighted by Gasteiger charge is -2.23. The number of nitrogens with zero attached hydrogens (tertiary/aromatic N) is 1. The maximum Gasteiger partial charge on any atom is 0.000946 e. The van der Waals surface area contributed by atoms with Gasteiger partial charge in [0.25, 0.3) is 0 Å². The van der Waals surface area contributed by atoms with Crippen LogP contribution in [-0.4, -0.2) is 38.6 Å². The molecular weight excluding hydrogens is 136 g/mol. The molecule has 0 amide bonds. The molecule has 1 heterocycles. The number of rotatable bonds is 3. The molecule has 2 nitrogen and oxygen atoms in total. The molecule has 1 radical (unpaired) electrons. The van der Waals surface area contributed by atoms with Crippen LogP contribution >= 0.6 is 0 Å². The summed E-state index contributed by atoms with van der Waals surface area (Å²) in [5, 5.41) is 3.37. The van der Waals surface area contributed by atoms with Crippen LogP contribution in [0.3, 0.4) is 0 Å². The first-order chi connectivity index (χ1) is 5.29. The average molecular weight is 155 g/mol. The second kappa shape index (κ2) is 4.73. The molecule has 0 aliphatic carbocycles. The summed E-state index contributed by atoms with van der Waals surface area (Å²) < 4.78 is 0. The SMILES string of the molecule is CN(C)C[CH]C1CCNCC1. The van der Waals surface area contributed by atoms with E-state index in [0.29, 0.717) is 0 Å². The first-order valence-electron chi connectivity index (χ1n) is 4.48. The molecule has 1 rings (SSSR count). The number of nitrogens with one attached hydrogen (secondary N) is 1. The van der Waals surface area contributed by atoms with E-state index in [1.807, 2.05) is 0 Å². The molecule has 0 unspecified atom stereocenters. The fourth-order valence-electron chi connectivity index (χ4n) is 1.44. The van der Waals surface area contributed by atoms with Gasteiger partial charge >= 0.3 is 0 Å². The van der Waals surface area contributed by atoms with Gasteiger partial charge in [-0.1, -0.05) is 0 Å². The Bertz CT molecular complexity index is 95.7. The fourth-order valence-corrected chi connectivity index (χ4v) is 1.44. The van der Waals surface area contributed by atoms with Crippen LogP contribution in [0.25, 0.3) is 0 Å². The molecule has 0 atom stereocenters.